The highest BCUT2D eigenvalue weighted by Crippen LogP contribution is 2.19. The van der Waals surface area contributed by atoms with E-state index in [2.05, 4.69) is 23.8 Å². The number of nitrogens with zero attached hydrogens (tertiary/aromatic N) is 2. The molecule has 0 aliphatic rings. The second-order valence-corrected chi connectivity index (χ2v) is 3.97. The second kappa shape index (κ2) is 4.39. The van der Waals surface area contributed by atoms with Crippen LogP contribution in [-0.2, 0) is 0 Å². The van der Waals surface area contributed by atoms with Crippen LogP contribution >= 0.6 is 0 Å². The second-order valence-electron chi connectivity index (χ2n) is 3.97. The number of hydrogen-bond acceptors (Lipinski definition) is 2. The molecule has 1 aromatic carbocycles. The number of hydrogen-bond donors (Lipinski definition) is 0. The normalized spacial score (nSPS) is 12.9. The van der Waals surface area contributed by atoms with E-state index in [1.807, 2.05) is 30.5 Å². The molecule has 1 heterocycles. The fraction of sp³-hybridized carbons (Fsp3) is 0.385. The molecule has 1 unspecified atom stereocenters. The van der Waals surface area contributed by atoms with Gasteiger partial charge in [0.2, 0.25) is 0 Å². The highest BCUT2D eigenvalue weighted by atomic mass is 14.8. The lowest BCUT2D eigenvalue weighted by Crippen LogP contribution is -1.98. The zero-order chi connectivity index (χ0) is 10.7. The minimum absolute atomic E-state index is 0.507. The maximum absolute atomic E-state index is 4.63. The van der Waals surface area contributed by atoms with E-state index in [0.717, 1.165) is 16.7 Å². The molecule has 0 aliphatic carbocycles. The zero-order valence-corrected chi connectivity index (χ0v) is 9.27. The molecule has 0 bridgehead atoms. The van der Waals surface area contributed by atoms with Gasteiger partial charge < -0.3 is 0 Å². The van der Waals surface area contributed by atoms with Gasteiger partial charge >= 0.3 is 0 Å². The minimum Gasteiger partial charge on any atom is -0.253 e. The molecular formula is C13H16N2. The first-order valence-corrected chi connectivity index (χ1v) is 5.53. The first-order chi connectivity index (χ1) is 7.31. The Balaban J connectivity index is 2.38. The van der Waals surface area contributed by atoms with Crippen LogP contribution in [0.2, 0.25) is 0 Å². The number of aromatic nitrogens is 2. The molecule has 0 saturated carbocycles. The Bertz CT molecular complexity index is 451. The summed E-state index contributed by atoms with van der Waals surface area (Å²) in [6.45, 7) is 4.41. The van der Waals surface area contributed by atoms with Crippen molar-refractivity contribution in [1.29, 1.82) is 0 Å². The summed E-state index contributed by atoms with van der Waals surface area (Å²) in [6, 6.07) is 8.01. The summed E-state index contributed by atoms with van der Waals surface area (Å²) < 4.78 is 0. The highest BCUT2D eigenvalue weighted by molar-refractivity contribution is 5.73. The molecule has 2 rings (SSSR count). The Morgan fingerprint density at radius 1 is 1.20 bits per heavy atom. The van der Waals surface area contributed by atoms with Gasteiger partial charge in [0.05, 0.1) is 16.7 Å². The van der Waals surface area contributed by atoms with Crippen molar-refractivity contribution in [3.63, 3.8) is 0 Å². The number of benzene rings is 1. The smallest absolute Gasteiger partial charge is 0.0890 e. The Labute approximate surface area is 90.4 Å². The van der Waals surface area contributed by atoms with Crippen LogP contribution < -0.4 is 0 Å². The summed E-state index contributed by atoms with van der Waals surface area (Å²) in [7, 11) is 0. The van der Waals surface area contributed by atoms with E-state index in [4.69, 9.17) is 0 Å². The molecule has 2 nitrogen and oxygen atoms in total. The lowest BCUT2D eigenvalue weighted by atomic mass is 10.0. The number of fused-ring (bicyclic) bond motifs is 1. The van der Waals surface area contributed by atoms with Gasteiger partial charge in [-0.2, -0.15) is 0 Å². The van der Waals surface area contributed by atoms with Crippen molar-refractivity contribution in [1.82, 2.24) is 9.97 Å². The van der Waals surface area contributed by atoms with Gasteiger partial charge in [-0.1, -0.05) is 32.4 Å². The van der Waals surface area contributed by atoms with Crippen LogP contribution in [-0.4, -0.2) is 9.97 Å². The van der Waals surface area contributed by atoms with Crippen LogP contribution in [0, 0.1) is 0 Å². The van der Waals surface area contributed by atoms with Crippen molar-refractivity contribution >= 4 is 11.0 Å². The van der Waals surface area contributed by atoms with E-state index < -0.39 is 0 Å². The first-order valence-electron chi connectivity index (χ1n) is 5.53. The Morgan fingerprint density at radius 3 is 2.67 bits per heavy atom. The quantitative estimate of drug-likeness (QED) is 0.757. The third-order valence-corrected chi connectivity index (χ3v) is 2.69. The van der Waals surface area contributed by atoms with Gasteiger partial charge in [0.1, 0.15) is 0 Å². The molecular weight excluding hydrogens is 184 g/mol. The number of para-hydroxylation sites is 2. The van der Waals surface area contributed by atoms with Crippen LogP contribution in [0.15, 0.2) is 30.5 Å². The Morgan fingerprint density at radius 2 is 1.93 bits per heavy atom. The lowest BCUT2D eigenvalue weighted by Gasteiger charge is -2.09. The molecule has 2 heteroatoms. The molecule has 2 aromatic rings. The zero-order valence-electron chi connectivity index (χ0n) is 9.27. The maximum atomic E-state index is 4.63. The Kier molecular flexibility index (Phi) is 2.95. The van der Waals surface area contributed by atoms with Gasteiger partial charge in [0.15, 0.2) is 0 Å². The van der Waals surface area contributed by atoms with Crippen molar-refractivity contribution in [2.45, 2.75) is 32.6 Å². The molecule has 0 spiro atoms. The van der Waals surface area contributed by atoms with E-state index in [0.29, 0.717) is 5.92 Å². The lowest BCUT2D eigenvalue weighted by molar-refractivity contribution is 0.647. The maximum Gasteiger partial charge on any atom is 0.0890 e. The van der Waals surface area contributed by atoms with Crippen LogP contribution in [0.3, 0.4) is 0 Å². The van der Waals surface area contributed by atoms with Gasteiger partial charge in [-0.05, 0) is 24.5 Å². The van der Waals surface area contributed by atoms with Crippen molar-refractivity contribution < 1.29 is 0 Å². The van der Waals surface area contributed by atoms with E-state index in [1.165, 1.54) is 12.8 Å². The summed E-state index contributed by atoms with van der Waals surface area (Å²) in [5.74, 6) is 0.507. The van der Waals surface area contributed by atoms with Gasteiger partial charge in [0, 0.05) is 6.20 Å². The van der Waals surface area contributed by atoms with E-state index in [-0.39, 0.29) is 0 Å². The molecule has 0 radical (unpaired) electrons. The molecule has 1 aromatic heterocycles. The van der Waals surface area contributed by atoms with Crippen LogP contribution in [0.25, 0.3) is 11.0 Å². The Hall–Kier alpha value is -1.44. The van der Waals surface area contributed by atoms with Crippen LogP contribution in [0.4, 0.5) is 0 Å². The molecule has 0 aliphatic heterocycles. The van der Waals surface area contributed by atoms with Crippen molar-refractivity contribution in [3.05, 3.63) is 36.2 Å². The van der Waals surface area contributed by atoms with Crippen molar-refractivity contribution in [3.8, 4) is 0 Å². The monoisotopic (exact) mass is 200 g/mol. The molecule has 0 fully saturated rings. The van der Waals surface area contributed by atoms with E-state index >= 15 is 0 Å². The summed E-state index contributed by atoms with van der Waals surface area (Å²) >= 11 is 0. The van der Waals surface area contributed by atoms with Crippen molar-refractivity contribution in [2.75, 3.05) is 0 Å². The average molecular weight is 200 g/mol. The predicted octanol–water partition coefficient (Wildman–Crippen LogP) is 3.53. The molecule has 0 N–H and O–H groups in total. The van der Waals surface area contributed by atoms with Gasteiger partial charge in [-0.25, -0.2) is 4.98 Å². The molecule has 15 heavy (non-hydrogen) atoms. The van der Waals surface area contributed by atoms with Crippen LogP contribution in [0.5, 0.6) is 0 Å². The molecule has 0 saturated heterocycles. The van der Waals surface area contributed by atoms with Crippen molar-refractivity contribution in [2.24, 2.45) is 0 Å². The highest BCUT2D eigenvalue weighted by Gasteiger charge is 2.06. The fourth-order valence-corrected chi connectivity index (χ4v) is 1.79. The summed E-state index contributed by atoms with van der Waals surface area (Å²) in [4.78, 5) is 9.05. The third-order valence-electron chi connectivity index (χ3n) is 2.69. The molecule has 78 valence electrons. The van der Waals surface area contributed by atoms with Gasteiger partial charge in [0.25, 0.3) is 0 Å². The average Bonchev–Trinajstić information content (AvgIpc) is 2.29. The largest absolute Gasteiger partial charge is 0.253 e. The SMILES string of the molecule is CCCC(C)c1cnc2ccccc2n1. The van der Waals surface area contributed by atoms with E-state index in [9.17, 15) is 0 Å². The summed E-state index contributed by atoms with van der Waals surface area (Å²) in [5.41, 5.74) is 3.08. The molecule has 0 amide bonds. The number of rotatable bonds is 3. The predicted molar refractivity (Wildman–Crippen MR) is 62.9 cm³/mol. The van der Waals surface area contributed by atoms with Crippen LogP contribution in [0.1, 0.15) is 38.3 Å². The first kappa shape index (κ1) is 10.1. The summed E-state index contributed by atoms with van der Waals surface area (Å²) in [5, 5.41) is 0. The standard InChI is InChI=1S/C13H16N2/c1-3-6-10(2)13-9-14-11-7-4-5-8-12(11)15-13/h4-5,7-10H,3,6H2,1-2H3. The minimum atomic E-state index is 0.507. The molecule has 1 atom stereocenters. The fourth-order valence-electron chi connectivity index (χ4n) is 1.79. The summed E-state index contributed by atoms with van der Waals surface area (Å²) in [6.07, 6.45) is 4.27. The third kappa shape index (κ3) is 2.14. The topological polar surface area (TPSA) is 25.8 Å². The van der Waals surface area contributed by atoms with Gasteiger partial charge in [-0.15, -0.1) is 0 Å². The van der Waals surface area contributed by atoms with Gasteiger partial charge in [-0.3, -0.25) is 4.98 Å². The van der Waals surface area contributed by atoms with E-state index in [1.54, 1.807) is 0 Å².